The third-order valence-electron chi connectivity index (χ3n) is 4.96. The number of hydrogen-bond donors (Lipinski definition) is 0. The summed E-state index contributed by atoms with van der Waals surface area (Å²) in [4.78, 5) is 18.3. The van der Waals surface area contributed by atoms with E-state index in [4.69, 9.17) is 14.5 Å². The molecule has 5 rings (SSSR count). The number of pyridine rings is 1. The molecule has 1 aromatic carbocycles. The number of imidazole rings is 1. The maximum atomic E-state index is 5.80. The van der Waals surface area contributed by atoms with Crippen molar-refractivity contribution >= 4 is 21.9 Å². The summed E-state index contributed by atoms with van der Waals surface area (Å²) in [5.41, 5.74) is 3.74. The molecule has 7 heteroatoms. The van der Waals surface area contributed by atoms with E-state index in [0.717, 1.165) is 57.2 Å². The van der Waals surface area contributed by atoms with E-state index in [0.29, 0.717) is 19.6 Å². The van der Waals surface area contributed by atoms with Crippen LogP contribution in [0.3, 0.4) is 0 Å². The number of benzene rings is 1. The number of ether oxygens (including phenoxy) is 2. The molecular formula is C20H19N5O2. The fraction of sp³-hybridized carbons (Fsp3) is 0.300. The highest BCUT2D eigenvalue weighted by Crippen LogP contribution is 2.37. The minimum Gasteiger partial charge on any atom is -0.486 e. The van der Waals surface area contributed by atoms with E-state index in [2.05, 4.69) is 19.5 Å². The standard InChI is InChI=1S/C20H19N5O2/c1-12-13-7-8-21-11-14(13)23-17(22-12)5-6-18-24-19-15(25(18)2)3-4-16-20(19)27-10-9-26-16/h3-4,7-8,11H,5-6,9-10H2,1-2H3. The van der Waals surface area contributed by atoms with Gasteiger partial charge in [0.05, 0.1) is 17.2 Å². The van der Waals surface area contributed by atoms with Crippen molar-refractivity contribution in [2.24, 2.45) is 7.05 Å². The summed E-state index contributed by atoms with van der Waals surface area (Å²) < 4.78 is 13.6. The van der Waals surface area contributed by atoms with Crippen LogP contribution >= 0.6 is 0 Å². The fourth-order valence-electron chi connectivity index (χ4n) is 3.57. The van der Waals surface area contributed by atoms with Crippen LogP contribution in [0.4, 0.5) is 0 Å². The first kappa shape index (κ1) is 16.0. The molecule has 0 aliphatic carbocycles. The summed E-state index contributed by atoms with van der Waals surface area (Å²) >= 11 is 0. The molecule has 3 aromatic heterocycles. The largest absolute Gasteiger partial charge is 0.486 e. The number of nitrogens with zero attached hydrogens (tertiary/aromatic N) is 5. The van der Waals surface area contributed by atoms with Gasteiger partial charge in [-0.2, -0.15) is 0 Å². The highest BCUT2D eigenvalue weighted by Gasteiger charge is 2.20. The third kappa shape index (κ3) is 2.66. The summed E-state index contributed by atoms with van der Waals surface area (Å²) in [6.07, 6.45) is 5.00. The van der Waals surface area contributed by atoms with Gasteiger partial charge in [0.15, 0.2) is 11.5 Å². The van der Waals surface area contributed by atoms with E-state index in [-0.39, 0.29) is 0 Å². The second-order valence-electron chi connectivity index (χ2n) is 6.66. The average Bonchev–Trinajstić information content (AvgIpc) is 3.03. The van der Waals surface area contributed by atoms with Crippen LogP contribution in [0.1, 0.15) is 17.3 Å². The van der Waals surface area contributed by atoms with E-state index >= 15 is 0 Å². The Bertz CT molecular complexity index is 1170. The first-order chi connectivity index (χ1) is 13.2. The minimum absolute atomic E-state index is 0.552. The lowest BCUT2D eigenvalue weighted by atomic mass is 10.2. The lowest BCUT2D eigenvalue weighted by molar-refractivity contribution is 0.173. The molecule has 0 spiro atoms. The fourth-order valence-corrected chi connectivity index (χ4v) is 3.57. The van der Waals surface area contributed by atoms with Crippen molar-refractivity contribution in [2.45, 2.75) is 19.8 Å². The zero-order valence-electron chi connectivity index (χ0n) is 15.3. The van der Waals surface area contributed by atoms with Crippen LogP contribution in [0.5, 0.6) is 11.5 Å². The molecule has 0 saturated carbocycles. The molecule has 7 nitrogen and oxygen atoms in total. The van der Waals surface area contributed by atoms with E-state index in [1.165, 1.54) is 0 Å². The Morgan fingerprint density at radius 1 is 1.04 bits per heavy atom. The molecule has 1 aliphatic heterocycles. The Morgan fingerprint density at radius 2 is 1.93 bits per heavy atom. The first-order valence-corrected chi connectivity index (χ1v) is 9.02. The van der Waals surface area contributed by atoms with Gasteiger partial charge in [0.2, 0.25) is 0 Å². The molecule has 0 atom stereocenters. The quantitative estimate of drug-likeness (QED) is 0.559. The molecule has 4 heterocycles. The maximum Gasteiger partial charge on any atom is 0.189 e. The molecule has 0 fully saturated rings. The Balaban J connectivity index is 1.47. The molecule has 0 radical (unpaired) electrons. The van der Waals surface area contributed by atoms with Gasteiger partial charge in [-0.15, -0.1) is 0 Å². The lowest BCUT2D eigenvalue weighted by Gasteiger charge is -2.18. The minimum atomic E-state index is 0.552. The SMILES string of the molecule is Cc1nc(CCc2nc3c4c(ccc3n2C)OCCO4)nc2cnccc12. The first-order valence-electron chi connectivity index (χ1n) is 9.02. The molecule has 0 saturated heterocycles. The van der Waals surface area contributed by atoms with Crippen LogP contribution < -0.4 is 9.47 Å². The van der Waals surface area contributed by atoms with Gasteiger partial charge in [0.25, 0.3) is 0 Å². The Hall–Kier alpha value is -3.22. The van der Waals surface area contributed by atoms with Gasteiger partial charge in [-0.3, -0.25) is 4.98 Å². The highest BCUT2D eigenvalue weighted by atomic mass is 16.6. The molecule has 0 amide bonds. The Labute approximate surface area is 156 Å². The smallest absolute Gasteiger partial charge is 0.189 e. The maximum absolute atomic E-state index is 5.80. The van der Waals surface area contributed by atoms with Crippen LogP contribution in [0.25, 0.3) is 21.9 Å². The zero-order chi connectivity index (χ0) is 18.4. The van der Waals surface area contributed by atoms with Gasteiger partial charge in [-0.05, 0) is 25.1 Å². The second kappa shape index (κ2) is 6.19. The van der Waals surface area contributed by atoms with E-state index in [1.54, 1.807) is 12.4 Å². The number of aromatic nitrogens is 5. The van der Waals surface area contributed by atoms with E-state index < -0.39 is 0 Å². The predicted molar refractivity (Wildman–Crippen MR) is 101 cm³/mol. The number of fused-ring (bicyclic) bond motifs is 4. The van der Waals surface area contributed by atoms with Crippen molar-refractivity contribution in [3.05, 3.63) is 47.9 Å². The van der Waals surface area contributed by atoms with Crippen molar-refractivity contribution in [3.63, 3.8) is 0 Å². The molecular weight excluding hydrogens is 342 g/mol. The normalized spacial score (nSPS) is 13.4. The van der Waals surface area contributed by atoms with Crippen LogP contribution in [-0.2, 0) is 19.9 Å². The topological polar surface area (TPSA) is 75.0 Å². The van der Waals surface area contributed by atoms with Crippen molar-refractivity contribution in [1.82, 2.24) is 24.5 Å². The van der Waals surface area contributed by atoms with Crippen LogP contribution in [0.2, 0.25) is 0 Å². The van der Waals surface area contributed by atoms with Gasteiger partial charge in [0, 0.05) is 37.2 Å². The van der Waals surface area contributed by atoms with Gasteiger partial charge in [0.1, 0.15) is 30.4 Å². The van der Waals surface area contributed by atoms with Crippen molar-refractivity contribution in [3.8, 4) is 11.5 Å². The summed E-state index contributed by atoms with van der Waals surface area (Å²) in [6.45, 7) is 3.13. The highest BCUT2D eigenvalue weighted by molar-refractivity contribution is 5.85. The molecule has 27 heavy (non-hydrogen) atoms. The second-order valence-corrected chi connectivity index (χ2v) is 6.66. The number of rotatable bonds is 3. The van der Waals surface area contributed by atoms with Crippen LogP contribution in [-0.4, -0.2) is 37.7 Å². The molecule has 0 unspecified atom stereocenters. The summed E-state index contributed by atoms with van der Waals surface area (Å²) in [6, 6.07) is 5.93. The van der Waals surface area contributed by atoms with Gasteiger partial charge in [-0.25, -0.2) is 15.0 Å². The summed E-state index contributed by atoms with van der Waals surface area (Å²) in [5.74, 6) is 3.28. The Kier molecular flexibility index (Phi) is 3.67. The average molecular weight is 361 g/mol. The molecule has 0 bridgehead atoms. The van der Waals surface area contributed by atoms with E-state index in [1.807, 2.05) is 32.2 Å². The molecule has 0 N–H and O–H groups in total. The molecule has 4 aromatic rings. The van der Waals surface area contributed by atoms with Gasteiger partial charge >= 0.3 is 0 Å². The number of hydrogen-bond acceptors (Lipinski definition) is 6. The lowest BCUT2D eigenvalue weighted by Crippen LogP contribution is -2.15. The number of aryl methyl sites for hydroxylation is 4. The van der Waals surface area contributed by atoms with Gasteiger partial charge in [-0.1, -0.05) is 0 Å². The monoisotopic (exact) mass is 361 g/mol. The molecule has 136 valence electrons. The summed E-state index contributed by atoms with van der Waals surface area (Å²) in [5, 5.41) is 1.04. The third-order valence-corrected chi connectivity index (χ3v) is 4.96. The summed E-state index contributed by atoms with van der Waals surface area (Å²) in [7, 11) is 2.02. The Morgan fingerprint density at radius 3 is 2.85 bits per heavy atom. The van der Waals surface area contributed by atoms with Crippen LogP contribution in [0.15, 0.2) is 30.6 Å². The van der Waals surface area contributed by atoms with Crippen molar-refractivity contribution in [2.75, 3.05) is 13.2 Å². The molecule has 1 aliphatic rings. The van der Waals surface area contributed by atoms with Crippen LogP contribution in [0, 0.1) is 6.92 Å². The van der Waals surface area contributed by atoms with Crippen molar-refractivity contribution < 1.29 is 9.47 Å². The van der Waals surface area contributed by atoms with Crippen molar-refractivity contribution in [1.29, 1.82) is 0 Å². The van der Waals surface area contributed by atoms with Gasteiger partial charge < -0.3 is 14.0 Å². The van der Waals surface area contributed by atoms with E-state index in [9.17, 15) is 0 Å². The zero-order valence-corrected chi connectivity index (χ0v) is 15.3. The predicted octanol–water partition coefficient (Wildman–Crippen LogP) is 2.78.